The Morgan fingerprint density at radius 2 is 2.24 bits per heavy atom. The second-order valence-corrected chi connectivity index (χ2v) is 4.51. The first kappa shape index (κ1) is 13.6. The predicted octanol–water partition coefficient (Wildman–Crippen LogP) is 1.50. The van der Waals surface area contributed by atoms with Gasteiger partial charge in [0.1, 0.15) is 5.15 Å². The minimum atomic E-state index is -0.0973. The second kappa shape index (κ2) is 6.30. The number of anilines is 2. The van der Waals surface area contributed by atoms with E-state index in [4.69, 9.17) is 17.3 Å². The van der Waals surface area contributed by atoms with E-state index in [-0.39, 0.29) is 12.5 Å². The summed E-state index contributed by atoms with van der Waals surface area (Å²) in [7, 11) is 0. The maximum absolute atomic E-state index is 11.4. The summed E-state index contributed by atoms with van der Waals surface area (Å²) in [4.78, 5) is 15.4. The summed E-state index contributed by atoms with van der Waals surface area (Å²) in [6.07, 6.45) is 0. The zero-order chi connectivity index (χ0) is 12.8. The smallest absolute Gasteiger partial charge is 0.239 e. The molecule has 4 N–H and O–H groups in total. The number of nitrogens with two attached hydrogens (primary N) is 1. The molecule has 1 heterocycles. The van der Waals surface area contributed by atoms with Gasteiger partial charge < -0.3 is 16.4 Å². The van der Waals surface area contributed by atoms with Crippen molar-refractivity contribution in [3.8, 4) is 0 Å². The van der Waals surface area contributed by atoms with Crippen LogP contribution in [0.15, 0.2) is 12.1 Å². The molecule has 0 aliphatic rings. The highest BCUT2D eigenvalue weighted by Gasteiger charge is 2.05. The van der Waals surface area contributed by atoms with Crippen LogP contribution in [0.3, 0.4) is 0 Å². The largest absolute Gasteiger partial charge is 0.396 e. The van der Waals surface area contributed by atoms with Crippen LogP contribution in [-0.4, -0.2) is 24.0 Å². The monoisotopic (exact) mass is 256 g/mol. The maximum atomic E-state index is 11.4. The van der Waals surface area contributed by atoms with Crippen molar-refractivity contribution in [3.05, 3.63) is 17.3 Å². The van der Waals surface area contributed by atoms with E-state index in [9.17, 15) is 4.79 Å². The number of amides is 1. The van der Waals surface area contributed by atoms with E-state index in [0.29, 0.717) is 29.1 Å². The van der Waals surface area contributed by atoms with Crippen LogP contribution < -0.4 is 16.4 Å². The van der Waals surface area contributed by atoms with Gasteiger partial charge in [-0.1, -0.05) is 25.4 Å². The lowest BCUT2D eigenvalue weighted by molar-refractivity contribution is -0.119. The first-order valence-electron chi connectivity index (χ1n) is 5.41. The van der Waals surface area contributed by atoms with E-state index in [1.54, 1.807) is 12.1 Å². The molecule has 0 fully saturated rings. The van der Waals surface area contributed by atoms with E-state index in [2.05, 4.69) is 15.6 Å². The Hall–Kier alpha value is -1.49. The van der Waals surface area contributed by atoms with Gasteiger partial charge in [-0.2, -0.15) is 0 Å². The van der Waals surface area contributed by atoms with Crippen LogP contribution in [0.2, 0.25) is 5.15 Å². The Balaban J connectivity index is 2.44. The Bertz CT molecular complexity index is 395. The van der Waals surface area contributed by atoms with Gasteiger partial charge in [0.05, 0.1) is 12.2 Å². The fourth-order valence-corrected chi connectivity index (χ4v) is 1.28. The minimum Gasteiger partial charge on any atom is -0.396 e. The van der Waals surface area contributed by atoms with Crippen molar-refractivity contribution >= 4 is 29.0 Å². The Labute approximate surface area is 106 Å². The molecule has 94 valence electrons. The molecule has 6 heteroatoms. The maximum Gasteiger partial charge on any atom is 0.239 e. The Morgan fingerprint density at radius 1 is 1.53 bits per heavy atom. The number of nitrogen functional groups attached to an aromatic ring is 1. The van der Waals surface area contributed by atoms with Gasteiger partial charge in [-0.15, -0.1) is 0 Å². The van der Waals surface area contributed by atoms with Crippen LogP contribution in [0.5, 0.6) is 0 Å². The van der Waals surface area contributed by atoms with Gasteiger partial charge in [0.2, 0.25) is 5.91 Å². The van der Waals surface area contributed by atoms with Crippen molar-refractivity contribution in [2.45, 2.75) is 13.8 Å². The second-order valence-electron chi connectivity index (χ2n) is 4.12. The summed E-state index contributed by atoms with van der Waals surface area (Å²) >= 11 is 5.73. The number of nitrogens with zero attached hydrogens (tertiary/aromatic N) is 1. The van der Waals surface area contributed by atoms with Crippen molar-refractivity contribution < 1.29 is 4.79 Å². The van der Waals surface area contributed by atoms with Crippen molar-refractivity contribution in [1.29, 1.82) is 0 Å². The Kier molecular flexibility index (Phi) is 5.03. The molecule has 0 aromatic carbocycles. The zero-order valence-corrected chi connectivity index (χ0v) is 10.7. The van der Waals surface area contributed by atoms with Crippen LogP contribution in [0, 0.1) is 5.92 Å². The molecule has 1 rings (SSSR count). The third kappa shape index (κ3) is 4.91. The van der Waals surface area contributed by atoms with Gasteiger partial charge in [0.25, 0.3) is 0 Å². The summed E-state index contributed by atoms with van der Waals surface area (Å²) in [6, 6.07) is 3.24. The van der Waals surface area contributed by atoms with Gasteiger partial charge >= 0.3 is 0 Å². The van der Waals surface area contributed by atoms with E-state index in [1.165, 1.54) is 0 Å². The average Bonchev–Trinajstić information content (AvgIpc) is 2.27. The molecular weight excluding hydrogens is 240 g/mol. The SMILES string of the molecule is CC(C)CNC(=O)CNc1nc(Cl)ccc1N. The van der Waals surface area contributed by atoms with Crippen LogP contribution in [0.25, 0.3) is 0 Å². The lowest BCUT2D eigenvalue weighted by Crippen LogP contribution is -2.32. The highest BCUT2D eigenvalue weighted by Crippen LogP contribution is 2.17. The highest BCUT2D eigenvalue weighted by molar-refractivity contribution is 6.29. The van der Waals surface area contributed by atoms with E-state index in [1.807, 2.05) is 13.8 Å². The number of hydrogen-bond acceptors (Lipinski definition) is 4. The van der Waals surface area contributed by atoms with Crippen molar-refractivity contribution in [2.75, 3.05) is 24.1 Å². The first-order chi connectivity index (χ1) is 7.99. The molecule has 17 heavy (non-hydrogen) atoms. The summed E-state index contributed by atoms with van der Waals surface area (Å²) in [5.41, 5.74) is 6.15. The van der Waals surface area contributed by atoms with Gasteiger partial charge in [-0.3, -0.25) is 4.79 Å². The number of nitrogens with one attached hydrogen (secondary N) is 2. The van der Waals surface area contributed by atoms with Gasteiger partial charge in [0.15, 0.2) is 5.82 Å². The average molecular weight is 257 g/mol. The van der Waals surface area contributed by atoms with E-state index < -0.39 is 0 Å². The third-order valence-electron chi connectivity index (χ3n) is 2.02. The van der Waals surface area contributed by atoms with Gasteiger partial charge in [-0.05, 0) is 18.1 Å². The fourth-order valence-electron chi connectivity index (χ4n) is 1.13. The zero-order valence-electron chi connectivity index (χ0n) is 9.96. The molecule has 0 bridgehead atoms. The minimum absolute atomic E-state index is 0.0973. The number of hydrogen-bond donors (Lipinski definition) is 3. The van der Waals surface area contributed by atoms with Gasteiger partial charge in [0, 0.05) is 6.54 Å². The van der Waals surface area contributed by atoms with Crippen LogP contribution in [-0.2, 0) is 4.79 Å². The first-order valence-corrected chi connectivity index (χ1v) is 5.79. The quantitative estimate of drug-likeness (QED) is 0.698. The number of carbonyl (C=O) groups is 1. The van der Waals surface area contributed by atoms with E-state index >= 15 is 0 Å². The topological polar surface area (TPSA) is 80.0 Å². The number of aromatic nitrogens is 1. The molecule has 0 spiro atoms. The molecule has 0 saturated heterocycles. The van der Waals surface area contributed by atoms with Crippen LogP contribution >= 0.6 is 11.6 Å². The summed E-state index contributed by atoms with van der Waals surface area (Å²) < 4.78 is 0. The molecule has 0 radical (unpaired) electrons. The molecule has 0 atom stereocenters. The molecule has 1 aromatic rings. The fraction of sp³-hybridized carbons (Fsp3) is 0.455. The number of carbonyl (C=O) groups excluding carboxylic acids is 1. The highest BCUT2D eigenvalue weighted by atomic mass is 35.5. The number of pyridine rings is 1. The molecule has 0 aliphatic carbocycles. The number of rotatable bonds is 5. The summed E-state index contributed by atoms with van der Waals surface area (Å²) in [5, 5.41) is 5.97. The van der Waals surface area contributed by atoms with Crippen LogP contribution in [0.4, 0.5) is 11.5 Å². The van der Waals surface area contributed by atoms with E-state index in [0.717, 1.165) is 0 Å². The summed E-state index contributed by atoms with van der Waals surface area (Å²) in [6.45, 7) is 4.84. The predicted molar refractivity (Wildman–Crippen MR) is 70.0 cm³/mol. The molecule has 1 amide bonds. The molecule has 0 saturated carbocycles. The van der Waals surface area contributed by atoms with Crippen molar-refractivity contribution in [3.63, 3.8) is 0 Å². The standard InChI is InChI=1S/C11H17ClN4O/c1-7(2)5-14-10(17)6-15-11-8(13)3-4-9(12)16-11/h3-4,7H,5-6,13H2,1-2H3,(H,14,17)(H,15,16). The third-order valence-corrected chi connectivity index (χ3v) is 2.23. The van der Waals surface area contributed by atoms with Crippen LogP contribution in [0.1, 0.15) is 13.8 Å². The number of halogens is 1. The lowest BCUT2D eigenvalue weighted by Gasteiger charge is -2.10. The normalized spacial score (nSPS) is 10.4. The van der Waals surface area contributed by atoms with Gasteiger partial charge in [-0.25, -0.2) is 4.98 Å². The lowest BCUT2D eigenvalue weighted by atomic mass is 10.2. The molecule has 1 aromatic heterocycles. The van der Waals surface area contributed by atoms with Crippen molar-refractivity contribution in [1.82, 2.24) is 10.3 Å². The molecular formula is C11H17ClN4O. The molecule has 0 aliphatic heterocycles. The van der Waals surface area contributed by atoms with Crippen molar-refractivity contribution in [2.24, 2.45) is 5.92 Å². The summed E-state index contributed by atoms with van der Waals surface area (Å²) in [5.74, 6) is 0.755. The Morgan fingerprint density at radius 3 is 2.88 bits per heavy atom. The molecule has 5 nitrogen and oxygen atoms in total. The molecule has 0 unspecified atom stereocenters.